The number of ketones is 1. The number of para-hydroxylation sites is 1. The summed E-state index contributed by atoms with van der Waals surface area (Å²) in [6, 6.07) is 17.9. The number of aromatic hydroxyl groups is 1. The Morgan fingerprint density at radius 2 is 1.64 bits per heavy atom. The molecule has 0 fully saturated rings. The number of amides is 1. The van der Waals surface area contributed by atoms with Gasteiger partial charge in [0.15, 0.2) is 5.78 Å². The molecule has 0 aromatic heterocycles. The van der Waals surface area contributed by atoms with Crippen LogP contribution in [0.5, 0.6) is 11.5 Å². The third kappa shape index (κ3) is 5.52. The lowest BCUT2D eigenvalue weighted by Gasteiger charge is -2.37. The molecule has 10 heteroatoms. The first kappa shape index (κ1) is 29.9. The topological polar surface area (TPSA) is 78.9 Å². The van der Waals surface area contributed by atoms with Gasteiger partial charge in [-0.05, 0) is 60.4 Å². The fourth-order valence-electron chi connectivity index (χ4n) is 5.96. The van der Waals surface area contributed by atoms with Crippen molar-refractivity contribution < 1.29 is 37.0 Å². The molecule has 1 unspecified atom stereocenters. The third-order valence-electron chi connectivity index (χ3n) is 7.95. The molecule has 6 rings (SSSR count). The first-order valence-corrected chi connectivity index (χ1v) is 14.2. The number of fused-ring (bicyclic) bond motifs is 1. The van der Waals surface area contributed by atoms with Crippen LogP contribution in [0.4, 0.5) is 28.9 Å². The summed E-state index contributed by atoms with van der Waals surface area (Å²) in [7, 11) is 0. The number of halogens is 4. The second kappa shape index (κ2) is 11.1. The zero-order valence-corrected chi connectivity index (χ0v) is 24.3. The van der Waals surface area contributed by atoms with Gasteiger partial charge in [0, 0.05) is 29.3 Å². The summed E-state index contributed by atoms with van der Waals surface area (Å²) in [6.45, 7) is 3.76. The molecule has 4 aromatic rings. The molecule has 1 aliphatic carbocycles. The van der Waals surface area contributed by atoms with Gasteiger partial charge < -0.3 is 15.2 Å². The molecule has 45 heavy (non-hydrogen) atoms. The number of benzene rings is 4. The highest BCUT2D eigenvalue weighted by Gasteiger charge is 2.45. The number of alkyl halides is 2. The lowest BCUT2D eigenvalue weighted by Crippen LogP contribution is -2.40. The number of phenols is 1. The molecule has 1 aliphatic heterocycles. The van der Waals surface area contributed by atoms with Crippen LogP contribution in [0.15, 0.2) is 102 Å². The molecule has 230 valence electrons. The SMILES string of the molecule is CC1(C)CC(=O)C2=C(C1)Nc1c(O)cccc1N(C(=O)c1ccccc1F)C2c1ccc(OC(F)(F)c2ccccc2)cc1F. The monoisotopic (exact) mass is 616 g/mol. The highest BCUT2D eigenvalue weighted by Crippen LogP contribution is 2.51. The molecule has 1 heterocycles. The van der Waals surface area contributed by atoms with E-state index in [1.807, 2.05) is 13.8 Å². The minimum atomic E-state index is -3.79. The Labute approximate surface area is 256 Å². The molecule has 6 nitrogen and oxygen atoms in total. The van der Waals surface area contributed by atoms with Crippen LogP contribution in [0.25, 0.3) is 0 Å². The van der Waals surface area contributed by atoms with E-state index in [1.165, 1.54) is 66.7 Å². The van der Waals surface area contributed by atoms with Crippen LogP contribution in [0.3, 0.4) is 0 Å². The van der Waals surface area contributed by atoms with Gasteiger partial charge in [-0.2, -0.15) is 8.78 Å². The smallest absolute Gasteiger partial charge is 0.426 e. The molecule has 4 aromatic carbocycles. The summed E-state index contributed by atoms with van der Waals surface area (Å²) in [5.74, 6) is -3.94. The fraction of sp³-hybridized carbons (Fsp3) is 0.200. The second-order valence-electron chi connectivity index (χ2n) is 11.9. The number of phenolic OH excluding ortho intramolecular Hbond substituents is 1. The predicted molar refractivity (Wildman–Crippen MR) is 160 cm³/mol. The van der Waals surface area contributed by atoms with E-state index >= 15 is 8.78 Å². The number of hydrogen-bond donors (Lipinski definition) is 2. The van der Waals surface area contributed by atoms with Crippen LogP contribution >= 0.6 is 0 Å². The number of Topliss-reactive ketones (excluding diaryl/α,β-unsaturated/α-hetero) is 1. The predicted octanol–water partition coefficient (Wildman–Crippen LogP) is 8.26. The number of hydrogen-bond acceptors (Lipinski definition) is 5. The maximum Gasteiger partial charge on any atom is 0.426 e. The van der Waals surface area contributed by atoms with Crippen molar-refractivity contribution in [3.8, 4) is 11.5 Å². The summed E-state index contributed by atoms with van der Waals surface area (Å²) in [5.41, 5.74) is -1.01. The zero-order valence-electron chi connectivity index (χ0n) is 24.3. The Kier molecular flexibility index (Phi) is 7.39. The molecule has 2 N–H and O–H groups in total. The largest absolute Gasteiger partial charge is 0.506 e. The van der Waals surface area contributed by atoms with E-state index in [-0.39, 0.29) is 40.2 Å². The highest BCUT2D eigenvalue weighted by atomic mass is 19.3. The van der Waals surface area contributed by atoms with Gasteiger partial charge >= 0.3 is 6.11 Å². The number of allylic oxidation sites excluding steroid dienone is 1. The van der Waals surface area contributed by atoms with E-state index in [1.54, 1.807) is 6.07 Å². The summed E-state index contributed by atoms with van der Waals surface area (Å²) < 4.78 is 66.0. The third-order valence-corrected chi connectivity index (χ3v) is 7.95. The first-order valence-electron chi connectivity index (χ1n) is 14.2. The zero-order chi connectivity index (χ0) is 32.1. The molecule has 0 saturated heterocycles. The Hall–Kier alpha value is -5.12. The standard InChI is InChI=1S/C35H28F4N2O4/c1-34(2)18-26-30(29(43)19-34)32(22-16-15-21(17-25(22)37)45-35(38,39)20-9-4-3-5-10-20)41(27-13-8-14-28(42)31(27)40-26)33(44)23-11-6-7-12-24(23)36/h3-17,32,40,42H,18-19H2,1-2H3. The fourth-order valence-corrected chi connectivity index (χ4v) is 5.96. The summed E-state index contributed by atoms with van der Waals surface area (Å²) in [4.78, 5) is 29.2. The number of carbonyl (C=O) groups is 2. The van der Waals surface area contributed by atoms with Crippen LogP contribution < -0.4 is 15.0 Å². The number of nitrogens with one attached hydrogen (secondary N) is 1. The summed E-state index contributed by atoms with van der Waals surface area (Å²) in [5, 5.41) is 14.0. The molecular weight excluding hydrogens is 588 g/mol. The molecule has 0 spiro atoms. The van der Waals surface area contributed by atoms with Crippen LogP contribution in [-0.4, -0.2) is 16.8 Å². The van der Waals surface area contributed by atoms with E-state index in [0.29, 0.717) is 12.1 Å². The number of nitrogens with zero attached hydrogens (tertiary/aromatic N) is 1. The lowest BCUT2D eigenvalue weighted by molar-refractivity contribution is -0.185. The van der Waals surface area contributed by atoms with E-state index in [0.717, 1.165) is 23.1 Å². The summed E-state index contributed by atoms with van der Waals surface area (Å²) in [6.07, 6.45) is -3.43. The Morgan fingerprint density at radius 1 is 0.933 bits per heavy atom. The van der Waals surface area contributed by atoms with Crippen LogP contribution in [0.2, 0.25) is 0 Å². The van der Waals surface area contributed by atoms with Crippen molar-refractivity contribution in [1.29, 1.82) is 0 Å². The van der Waals surface area contributed by atoms with Gasteiger partial charge in [0.1, 0.15) is 28.8 Å². The van der Waals surface area contributed by atoms with Gasteiger partial charge in [0.2, 0.25) is 0 Å². The van der Waals surface area contributed by atoms with Crippen molar-refractivity contribution in [2.45, 2.75) is 38.8 Å². The maximum absolute atomic E-state index is 16.2. The molecule has 2 aliphatic rings. The van der Waals surface area contributed by atoms with Gasteiger partial charge in [-0.3, -0.25) is 14.5 Å². The van der Waals surface area contributed by atoms with E-state index in [4.69, 9.17) is 4.74 Å². The normalized spacial score (nSPS) is 17.6. The van der Waals surface area contributed by atoms with Gasteiger partial charge in [-0.15, -0.1) is 0 Å². The Bertz CT molecular complexity index is 1860. The van der Waals surface area contributed by atoms with Crippen molar-refractivity contribution in [2.24, 2.45) is 5.41 Å². The van der Waals surface area contributed by atoms with Crippen molar-refractivity contribution in [1.82, 2.24) is 0 Å². The van der Waals surface area contributed by atoms with Gasteiger partial charge in [0.05, 0.1) is 22.9 Å². The molecule has 1 atom stereocenters. The molecule has 0 radical (unpaired) electrons. The average Bonchev–Trinajstić information content (AvgIpc) is 3.12. The van der Waals surface area contributed by atoms with Gasteiger partial charge in [0.25, 0.3) is 5.91 Å². The van der Waals surface area contributed by atoms with E-state index < -0.39 is 52.2 Å². The van der Waals surface area contributed by atoms with Crippen molar-refractivity contribution in [2.75, 3.05) is 10.2 Å². The van der Waals surface area contributed by atoms with E-state index in [2.05, 4.69) is 5.32 Å². The Balaban J connectivity index is 1.55. The van der Waals surface area contributed by atoms with Gasteiger partial charge in [-0.25, -0.2) is 8.78 Å². The maximum atomic E-state index is 16.2. The molecule has 1 amide bonds. The van der Waals surface area contributed by atoms with E-state index in [9.17, 15) is 23.5 Å². The Morgan fingerprint density at radius 3 is 2.36 bits per heavy atom. The van der Waals surface area contributed by atoms with Crippen molar-refractivity contribution >= 4 is 23.1 Å². The first-order chi connectivity index (χ1) is 21.4. The average molecular weight is 617 g/mol. The van der Waals surface area contributed by atoms with Gasteiger partial charge in [-0.1, -0.05) is 50.2 Å². The number of ether oxygens (including phenoxy) is 1. The van der Waals surface area contributed by atoms with Crippen LogP contribution in [0.1, 0.15) is 54.2 Å². The minimum absolute atomic E-state index is 0.0387. The van der Waals surface area contributed by atoms with Crippen LogP contribution in [0, 0.1) is 17.0 Å². The lowest BCUT2D eigenvalue weighted by atomic mass is 9.73. The minimum Gasteiger partial charge on any atom is -0.506 e. The molecule has 0 saturated carbocycles. The summed E-state index contributed by atoms with van der Waals surface area (Å²) >= 11 is 0. The second-order valence-corrected chi connectivity index (χ2v) is 11.9. The quantitative estimate of drug-likeness (QED) is 0.174. The number of carbonyl (C=O) groups excluding carboxylic acids is 2. The molecule has 0 bridgehead atoms. The number of rotatable bonds is 5. The highest BCUT2D eigenvalue weighted by molar-refractivity contribution is 6.12. The van der Waals surface area contributed by atoms with Crippen LogP contribution in [-0.2, 0) is 10.9 Å². The van der Waals surface area contributed by atoms with Crippen molar-refractivity contribution in [3.63, 3.8) is 0 Å². The molecular formula is C35H28F4N2O4. The number of anilines is 2. The van der Waals surface area contributed by atoms with Crippen molar-refractivity contribution in [3.05, 3.63) is 131 Å².